The molecule has 0 saturated carbocycles. The zero-order valence-corrected chi connectivity index (χ0v) is 22.2. The van der Waals surface area contributed by atoms with Gasteiger partial charge in [0.15, 0.2) is 0 Å². The molecule has 7 nitrogen and oxygen atoms in total. The number of sulfonamides is 1. The minimum Gasteiger partial charge on any atom is -0.489 e. The van der Waals surface area contributed by atoms with Crippen molar-refractivity contribution < 1.29 is 31.1 Å². The SMILES string of the molecule is O=C(NCc1cccc(OCc2ccc(C(F)(F)F)cc2)c1)C1CCCN1S(=O)(=O)c1ccc2ncsc2c1. The maximum atomic E-state index is 13.3. The van der Waals surface area contributed by atoms with Gasteiger partial charge in [-0.3, -0.25) is 4.79 Å². The molecule has 4 aromatic rings. The van der Waals surface area contributed by atoms with Gasteiger partial charge in [-0.15, -0.1) is 11.3 Å². The van der Waals surface area contributed by atoms with E-state index in [1.165, 1.54) is 33.8 Å². The minimum atomic E-state index is -4.39. The number of carbonyl (C=O) groups excluding carboxylic acids is 1. The largest absolute Gasteiger partial charge is 0.489 e. The van der Waals surface area contributed by atoms with Crippen molar-refractivity contribution >= 4 is 37.5 Å². The maximum absolute atomic E-state index is 13.3. The van der Waals surface area contributed by atoms with Crippen LogP contribution in [0.3, 0.4) is 0 Å². The lowest BCUT2D eigenvalue weighted by Crippen LogP contribution is -2.45. The number of benzene rings is 3. The van der Waals surface area contributed by atoms with E-state index in [4.69, 9.17) is 4.74 Å². The second-order valence-corrected chi connectivity index (χ2v) is 11.9. The summed E-state index contributed by atoms with van der Waals surface area (Å²) < 4.78 is 72.7. The van der Waals surface area contributed by atoms with Crippen LogP contribution in [0.5, 0.6) is 5.75 Å². The number of hydrogen-bond acceptors (Lipinski definition) is 6. The number of carbonyl (C=O) groups is 1. The van der Waals surface area contributed by atoms with Crippen LogP contribution in [0, 0.1) is 0 Å². The van der Waals surface area contributed by atoms with Gasteiger partial charge in [-0.25, -0.2) is 13.4 Å². The molecule has 1 N–H and O–H groups in total. The number of rotatable bonds is 8. The molecule has 1 aliphatic rings. The van der Waals surface area contributed by atoms with Gasteiger partial charge in [0.2, 0.25) is 15.9 Å². The second kappa shape index (κ2) is 10.9. The van der Waals surface area contributed by atoms with Gasteiger partial charge in [0.1, 0.15) is 18.4 Å². The molecule has 5 rings (SSSR count). The molecule has 204 valence electrons. The number of alkyl halides is 3. The highest BCUT2D eigenvalue weighted by Gasteiger charge is 2.39. The molecule has 0 bridgehead atoms. The Morgan fingerprint density at radius 2 is 1.87 bits per heavy atom. The summed E-state index contributed by atoms with van der Waals surface area (Å²) >= 11 is 1.35. The van der Waals surface area contributed by atoms with Gasteiger partial charge in [0.25, 0.3) is 0 Å². The fourth-order valence-electron chi connectivity index (χ4n) is 4.43. The van der Waals surface area contributed by atoms with Crippen LogP contribution in [-0.2, 0) is 34.1 Å². The number of halogens is 3. The second-order valence-electron chi connectivity index (χ2n) is 9.10. The predicted octanol–water partition coefficient (Wildman–Crippen LogP) is 5.36. The molecule has 1 amide bonds. The molecule has 1 saturated heterocycles. The van der Waals surface area contributed by atoms with E-state index >= 15 is 0 Å². The van der Waals surface area contributed by atoms with Gasteiger partial charge in [-0.1, -0.05) is 24.3 Å². The Morgan fingerprint density at radius 3 is 2.64 bits per heavy atom. The van der Waals surface area contributed by atoms with E-state index in [1.54, 1.807) is 41.9 Å². The van der Waals surface area contributed by atoms with Crippen molar-refractivity contribution in [2.45, 2.75) is 43.1 Å². The Kier molecular flexibility index (Phi) is 7.61. The normalized spacial score (nSPS) is 16.4. The van der Waals surface area contributed by atoms with Crippen LogP contribution in [-0.4, -0.2) is 36.2 Å². The van der Waals surface area contributed by atoms with Crippen molar-refractivity contribution in [2.75, 3.05) is 6.54 Å². The highest BCUT2D eigenvalue weighted by atomic mass is 32.2. The molecular formula is C27H24F3N3O4S2. The molecule has 1 unspecified atom stereocenters. The van der Waals surface area contributed by atoms with E-state index in [0.29, 0.717) is 24.2 Å². The van der Waals surface area contributed by atoms with E-state index in [2.05, 4.69) is 10.3 Å². The standard InChI is InChI=1S/C27H24F3N3O4S2/c28-27(29,30)20-8-6-18(7-9-20)16-37-21-4-1-3-19(13-21)15-31-26(34)24-5-2-12-33(24)39(35,36)22-10-11-23-25(14-22)38-17-32-23/h1,3-4,6-11,13-14,17,24H,2,5,12,15-16H2,(H,31,34). The fraction of sp³-hybridized carbons (Fsp3) is 0.259. The highest BCUT2D eigenvalue weighted by Crippen LogP contribution is 2.30. The Morgan fingerprint density at radius 1 is 1.08 bits per heavy atom. The molecule has 39 heavy (non-hydrogen) atoms. The summed E-state index contributed by atoms with van der Waals surface area (Å²) in [5.74, 6) is 0.108. The Balaban J connectivity index is 1.20. The first-order valence-electron chi connectivity index (χ1n) is 12.1. The average Bonchev–Trinajstić information content (AvgIpc) is 3.60. The Bertz CT molecular complexity index is 1590. The number of aromatic nitrogens is 1. The summed E-state index contributed by atoms with van der Waals surface area (Å²) in [6.45, 7) is 0.498. The van der Waals surface area contributed by atoms with Gasteiger partial charge < -0.3 is 10.1 Å². The van der Waals surface area contributed by atoms with Crippen molar-refractivity contribution in [3.8, 4) is 5.75 Å². The first-order chi connectivity index (χ1) is 18.6. The number of fused-ring (bicyclic) bond motifs is 1. The highest BCUT2D eigenvalue weighted by molar-refractivity contribution is 7.89. The molecule has 0 spiro atoms. The third kappa shape index (κ3) is 6.07. The molecule has 0 aliphatic carbocycles. The molecule has 2 heterocycles. The van der Waals surface area contributed by atoms with Gasteiger partial charge in [0, 0.05) is 13.1 Å². The quantitative estimate of drug-likeness (QED) is 0.306. The number of amides is 1. The van der Waals surface area contributed by atoms with Crippen molar-refractivity contribution in [1.82, 2.24) is 14.6 Å². The lowest BCUT2D eigenvalue weighted by atomic mass is 10.1. The molecule has 0 radical (unpaired) electrons. The Hall–Kier alpha value is -3.48. The van der Waals surface area contributed by atoms with Gasteiger partial charge >= 0.3 is 6.18 Å². The van der Waals surface area contributed by atoms with E-state index in [9.17, 15) is 26.4 Å². The van der Waals surface area contributed by atoms with Crippen molar-refractivity contribution in [2.24, 2.45) is 0 Å². The van der Waals surface area contributed by atoms with Crippen molar-refractivity contribution in [1.29, 1.82) is 0 Å². The van der Waals surface area contributed by atoms with Crippen LogP contribution in [0.15, 0.2) is 77.1 Å². The van der Waals surface area contributed by atoms with Crippen molar-refractivity contribution in [3.63, 3.8) is 0 Å². The zero-order chi connectivity index (χ0) is 27.6. The fourth-order valence-corrected chi connectivity index (χ4v) is 6.90. The molecule has 1 fully saturated rings. The molecule has 1 aliphatic heterocycles. The van der Waals surface area contributed by atoms with Crippen LogP contribution in [0.2, 0.25) is 0 Å². The smallest absolute Gasteiger partial charge is 0.416 e. The summed E-state index contributed by atoms with van der Waals surface area (Å²) in [4.78, 5) is 17.4. The Labute approximate surface area is 227 Å². The van der Waals surface area contributed by atoms with Crippen LogP contribution < -0.4 is 10.1 Å². The number of thiazole rings is 1. The topological polar surface area (TPSA) is 88.6 Å². The van der Waals surface area contributed by atoms with Crippen LogP contribution >= 0.6 is 11.3 Å². The number of nitrogens with one attached hydrogen (secondary N) is 1. The van der Waals surface area contributed by atoms with Crippen LogP contribution in [0.1, 0.15) is 29.5 Å². The molecule has 1 aromatic heterocycles. The summed E-state index contributed by atoms with van der Waals surface area (Å²) in [6, 6.07) is 15.7. The van der Waals surface area contributed by atoms with E-state index in [0.717, 1.165) is 27.9 Å². The van der Waals surface area contributed by atoms with Gasteiger partial charge in [-0.05, 0) is 66.4 Å². The summed E-state index contributed by atoms with van der Waals surface area (Å²) in [5.41, 5.74) is 2.97. The van der Waals surface area contributed by atoms with Crippen molar-refractivity contribution in [3.05, 3.63) is 88.9 Å². The number of hydrogen-bond donors (Lipinski definition) is 1. The van der Waals surface area contributed by atoms with E-state index < -0.39 is 27.8 Å². The number of nitrogens with zero attached hydrogens (tertiary/aromatic N) is 2. The van der Waals surface area contributed by atoms with Gasteiger partial charge in [0.05, 0.1) is 26.2 Å². The van der Waals surface area contributed by atoms with Crippen LogP contribution in [0.25, 0.3) is 10.2 Å². The third-order valence-corrected chi connectivity index (χ3v) is 9.16. The van der Waals surface area contributed by atoms with Crippen LogP contribution in [0.4, 0.5) is 13.2 Å². The number of ether oxygens (including phenoxy) is 1. The van der Waals surface area contributed by atoms with Gasteiger partial charge in [-0.2, -0.15) is 17.5 Å². The summed E-state index contributed by atoms with van der Waals surface area (Å²) in [6.07, 6.45) is -3.40. The third-order valence-electron chi connectivity index (χ3n) is 6.47. The molecule has 3 aromatic carbocycles. The monoisotopic (exact) mass is 575 g/mol. The molecule has 1 atom stereocenters. The minimum absolute atomic E-state index is 0.0795. The van der Waals surface area contributed by atoms with E-state index in [-0.39, 0.29) is 30.5 Å². The predicted molar refractivity (Wildman–Crippen MR) is 141 cm³/mol. The molecule has 12 heteroatoms. The average molecular weight is 576 g/mol. The first-order valence-corrected chi connectivity index (χ1v) is 14.4. The zero-order valence-electron chi connectivity index (χ0n) is 20.5. The summed E-state index contributed by atoms with van der Waals surface area (Å²) in [5, 5.41) is 2.83. The molecular weight excluding hydrogens is 551 g/mol. The lowest BCUT2D eigenvalue weighted by molar-refractivity contribution is -0.137. The maximum Gasteiger partial charge on any atom is 0.416 e. The lowest BCUT2D eigenvalue weighted by Gasteiger charge is -2.23. The first kappa shape index (κ1) is 27.1. The summed E-state index contributed by atoms with van der Waals surface area (Å²) in [7, 11) is -3.87. The van der Waals surface area contributed by atoms with E-state index in [1.807, 2.05) is 0 Å².